The van der Waals surface area contributed by atoms with Crippen molar-refractivity contribution in [3.05, 3.63) is 34.9 Å². The molecule has 0 radical (unpaired) electrons. The van der Waals surface area contributed by atoms with Gasteiger partial charge in [-0.3, -0.25) is 0 Å². The lowest BCUT2D eigenvalue weighted by Gasteiger charge is -2.60. The Hall–Kier alpha value is -2.01. The van der Waals surface area contributed by atoms with Crippen LogP contribution in [0.25, 0.3) is 0 Å². The number of phenols is 2. The lowest BCUT2D eigenvalue weighted by atomic mass is 9.47. The van der Waals surface area contributed by atoms with Crippen molar-refractivity contribution in [1.82, 2.24) is 0 Å². The summed E-state index contributed by atoms with van der Waals surface area (Å²) >= 11 is 0. The summed E-state index contributed by atoms with van der Waals surface area (Å²) in [5.41, 5.74) is 1.88. The van der Waals surface area contributed by atoms with Crippen LogP contribution in [0.4, 0.5) is 0 Å². The number of benzene rings is 1. The molecule has 0 bridgehead atoms. The number of carbonyl (C=O) groups is 1. The highest BCUT2D eigenvalue weighted by atomic mass is 16.5. The minimum atomic E-state index is -0.576. The lowest BCUT2D eigenvalue weighted by Crippen LogP contribution is -2.59. The minimum absolute atomic E-state index is 0.0125. The summed E-state index contributed by atoms with van der Waals surface area (Å²) in [5, 5.41) is 29.7. The number of aliphatic hydroxyl groups excluding tert-OH is 1. The zero-order chi connectivity index (χ0) is 20.4. The quantitative estimate of drug-likeness (QED) is 0.541. The van der Waals surface area contributed by atoms with Crippen molar-refractivity contribution in [3.8, 4) is 11.5 Å². The molecule has 4 rings (SSSR count). The molecular formula is C23H30O5. The lowest BCUT2D eigenvalue weighted by molar-refractivity contribution is -0.133. The van der Waals surface area contributed by atoms with Gasteiger partial charge in [-0.25, -0.2) is 4.79 Å². The Morgan fingerprint density at radius 1 is 1.18 bits per heavy atom. The van der Waals surface area contributed by atoms with Crippen molar-refractivity contribution in [3.63, 3.8) is 0 Å². The smallest absolute Gasteiger partial charge is 0.342 e. The van der Waals surface area contributed by atoms with Crippen LogP contribution in [-0.4, -0.2) is 34.0 Å². The van der Waals surface area contributed by atoms with Gasteiger partial charge in [0.05, 0.1) is 6.61 Å². The first-order chi connectivity index (χ1) is 13.1. The molecule has 3 aliphatic rings. The van der Waals surface area contributed by atoms with Crippen molar-refractivity contribution >= 4 is 5.97 Å². The maximum absolute atomic E-state index is 12.8. The predicted octanol–water partition coefficient (Wildman–Crippen LogP) is 3.94. The van der Waals surface area contributed by atoms with Gasteiger partial charge in [-0.1, -0.05) is 26.8 Å². The van der Waals surface area contributed by atoms with Crippen LogP contribution < -0.4 is 0 Å². The second kappa shape index (κ2) is 6.24. The van der Waals surface area contributed by atoms with Gasteiger partial charge in [0.15, 0.2) is 0 Å². The number of fused-ring (bicyclic) bond motifs is 3. The van der Waals surface area contributed by atoms with Gasteiger partial charge in [-0.2, -0.15) is 0 Å². The molecule has 5 nitrogen and oxygen atoms in total. The number of aliphatic hydroxyl groups is 1. The molecular weight excluding hydrogens is 356 g/mol. The summed E-state index contributed by atoms with van der Waals surface area (Å²) < 4.78 is 5.81. The molecule has 0 heterocycles. The minimum Gasteiger partial charge on any atom is -0.508 e. The van der Waals surface area contributed by atoms with Gasteiger partial charge in [0, 0.05) is 12.0 Å². The van der Waals surface area contributed by atoms with Gasteiger partial charge >= 0.3 is 5.97 Å². The van der Waals surface area contributed by atoms with Crippen LogP contribution in [0.2, 0.25) is 0 Å². The van der Waals surface area contributed by atoms with E-state index in [0.717, 1.165) is 30.9 Å². The summed E-state index contributed by atoms with van der Waals surface area (Å²) in [6.07, 6.45) is 4.99. The summed E-state index contributed by atoms with van der Waals surface area (Å²) in [5.74, 6) is 0.114. The van der Waals surface area contributed by atoms with Crippen molar-refractivity contribution in [2.24, 2.45) is 28.6 Å². The third-order valence-electron chi connectivity index (χ3n) is 7.42. The van der Waals surface area contributed by atoms with E-state index in [2.05, 4.69) is 26.8 Å². The van der Waals surface area contributed by atoms with Gasteiger partial charge in [0.1, 0.15) is 23.2 Å². The first kappa shape index (κ1) is 19.3. The predicted molar refractivity (Wildman–Crippen MR) is 105 cm³/mol. The van der Waals surface area contributed by atoms with E-state index < -0.39 is 5.97 Å². The molecule has 0 saturated heterocycles. The Bertz CT molecular complexity index is 832. The van der Waals surface area contributed by atoms with Crippen LogP contribution in [0.3, 0.4) is 0 Å². The maximum Gasteiger partial charge on any atom is 0.342 e. The molecule has 0 aromatic heterocycles. The average Bonchev–Trinajstić information content (AvgIpc) is 2.87. The molecule has 0 spiro atoms. The number of phenolic OH excluding ortho intramolecular Hbond substituents is 2. The highest BCUT2D eigenvalue weighted by Gasteiger charge is 2.63. The van der Waals surface area contributed by atoms with Crippen molar-refractivity contribution in [2.75, 3.05) is 6.61 Å². The number of carbonyl (C=O) groups excluding carboxylic acids is 1. The standard InChI is InChI=1S/C23H30O5/c1-12-5-15(25)7-17(26)19(12)21(27)28-18-10-23(4)16-9-22(2,3)8-13(16)6-14(11-24)20(18)23/h5-7,13,16,18,20,24-26H,8-11H2,1-4H3. The first-order valence-electron chi connectivity index (χ1n) is 10.1. The number of hydrogen-bond acceptors (Lipinski definition) is 5. The number of ether oxygens (including phenoxy) is 1. The van der Waals surface area contributed by atoms with Crippen LogP contribution in [0, 0.1) is 35.5 Å². The highest BCUT2D eigenvalue weighted by molar-refractivity contribution is 5.94. The third-order valence-corrected chi connectivity index (χ3v) is 7.42. The van der Waals surface area contributed by atoms with Gasteiger partial charge < -0.3 is 20.1 Å². The molecule has 1 aromatic carbocycles. The summed E-state index contributed by atoms with van der Waals surface area (Å²) in [6.45, 7) is 8.53. The van der Waals surface area contributed by atoms with Crippen LogP contribution in [0.5, 0.6) is 11.5 Å². The van der Waals surface area contributed by atoms with Gasteiger partial charge in [0.2, 0.25) is 0 Å². The van der Waals surface area contributed by atoms with Gasteiger partial charge in [0.25, 0.3) is 0 Å². The Morgan fingerprint density at radius 2 is 1.89 bits per heavy atom. The Kier molecular flexibility index (Phi) is 4.31. The molecule has 2 fully saturated rings. The topological polar surface area (TPSA) is 87.0 Å². The van der Waals surface area contributed by atoms with Crippen LogP contribution >= 0.6 is 0 Å². The molecule has 3 aliphatic carbocycles. The molecule has 5 atom stereocenters. The summed E-state index contributed by atoms with van der Waals surface area (Å²) in [6, 6.07) is 2.59. The average molecular weight is 386 g/mol. The van der Waals surface area contributed by atoms with Crippen LogP contribution in [0.1, 0.15) is 56.0 Å². The number of rotatable bonds is 3. The number of esters is 1. The van der Waals surface area contributed by atoms with E-state index in [-0.39, 0.29) is 41.1 Å². The fourth-order valence-corrected chi connectivity index (χ4v) is 6.35. The summed E-state index contributed by atoms with van der Waals surface area (Å²) in [7, 11) is 0. The molecule has 152 valence electrons. The second-order valence-electron chi connectivity index (χ2n) is 10.0. The fraction of sp³-hybridized carbons (Fsp3) is 0.609. The van der Waals surface area contributed by atoms with Gasteiger partial charge in [-0.15, -0.1) is 0 Å². The number of hydrogen-bond donors (Lipinski definition) is 3. The van der Waals surface area contributed by atoms with E-state index in [1.807, 2.05) is 0 Å². The van der Waals surface area contributed by atoms with Crippen LogP contribution in [0.15, 0.2) is 23.8 Å². The van der Waals surface area contributed by atoms with Crippen molar-refractivity contribution < 1.29 is 24.9 Å². The largest absolute Gasteiger partial charge is 0.508 e. The fourth-order valence-electron chi connectivity index (χ4n) is 6.35. The zero-order valence-corrected chi connectivity index (χ0v) is 17.0. The maximum atomic E-state index is 12.8. The molecule has 0 amide bonds. The van der Waals surface area contributed by atoms with Gasteiger partial charge in [-0.05, 0) is 66.1 Å². The zero-order valence-electron chi connectivity index (χ0n) is 17.0. The molecule has 0 aliphatic heterocycles. The molecule has 3 N–H and O–H groups in total. The Balaban J connectivity index is 1.58. The second-order valence-corrected chi connectivity index (χ2v) is 10.0. The van der Waals surface area contributed by atoms with E-state index in [1.165, 1.54) is 6.07 Å². The van der Waals surface area contributed by atoms with E-state index in [4.69, 9.17) is 4.74 Å². The molecule has 1 aromatic rings. The van der Waals surface area contributed by atoms with E-state index >= 15 is 0 Å². The Morgan fingerprint density at radius 3 is 2.54 bits per heavy atom. The summed E-state index contributed by atoms with van der Waals surface area (Å²) in [4.78, 5) is 12.8. The SMILES string of the molecule is Cc1cc(O)cc(O)c1C(=O)OC1CC2(C)C3CC(C)(C)CC3C=C(CO)C12. The third kappa shape index (κ3) is 2.83. The van der Waals surface area contributed by atoms with E-state index in [9.17, 15) is 20.1 Å². The van der Waals surface area contributed by atoms with E-state index in [0.29, 0.717) is 22.8 Å². The molecule has 5 unspecified atom stereocenters. The first-order valence-corrected chi connectivity index (χ1v) is 10.1. The van der Waals surface area contributed by atoms with E-state index in [1.54, 1.807) is 6.92 Å². The molecule has 28 heavy (non-hydrogen) atoms. The van der Waals surface area contributed by atoms with Crippen molar-refractivity contribution in [2.45, 2.75) is 53.1 Å². The number of allylic oxidation sites excluding steroid dienone is 1. The van der Waals surface area contributed by atoms with Crippen LogP contribution in [-0.2, 0) is 4.74 Å². The highest BCUT2D eigenvalue weighted by Crippen LogP contribution is 2.66. The monoisotopic (exact) mass is 386 g/mol. The number of aryl methyl sites for hydroxylation is 1. The Labute approximate surface area is 166 Å². The van der Waals surface area contributed by atoms with Crippen molar-refractivity contribution in [1.29, 1.82) is 0 Å². The number of aromatic hydroxyl groups is 2. The molecule has 2 saturated carbocycles. The normalized spacial score (nSPS) is 35.4. The molecule has 5 heteroatoms.